The number of aliphatic carboxylic acids is 1. The van der Waals surface area contributed by atoms with Gasteiger partial charge in [-0.2, -0.15) is 0 Å². The maximum Gasteiger partial charge on any atom is 0.324 e. The van der Waals surface area contributed by atoms with Crippen LogP contribution >= 0.6 is 0 Å². The summed E-state index contributed by atoms with van der Waals surface area (Å²) in [5.41, 5.74) is 2.32. The minimum atomic E-state index is -0.907. The molecular weight excluding hydrogens is 254 g/mol. The van der Waals surface area contributed by atoms with Gasteiger partial charge in [0.2, 0.25) is 0 Å². The number of carbonyl (C=O) groups is 1. The van der Waals surface area contributed by atoms with Crippen LogP contribution in [0.25, 0.3) is 0 Å². The lowest BCUT2D eigenvalue weighted by atomic mass is 9.85. The highest BCUT2D eigenvalue weighted by atomic mass is 16.5. The lowest BCUT2D eigenvalue weighted by molar-refractivity contribution is -0.140. The first-order valence-electron chi connectivity index (χ1n) is 6.95. The first kappa shape index (κ1) is 16.5. The predicted molar refractivity (Wildman–Crippen MR) is 80.5 cm³/mol. The van der Waals surface area contributed by atoms with Crippen LogP contribution in [0.4, 0.5) is 0 Å². The molecule has 1 rings (SSSR count). The molecule has 0 bridgehead atoms. The van der Waals surface area contributed by atoms with E-state index in [-0.39, 0.29) is 12.0 Å². The molecule has 20 heavy (non-hydrogen) atoms. The smallest absolute Gasteiger partial charge is 0.324 e. The Morgan fingerprint density at radius 2 is 2.05 bits per heavy atom. The molecule has 0 spiro atoms. The average molecular weight is 279 g/mol. The Bertz CT molecular complexity index is 463. The second-order valence-electron chi connectivity index (χ2n) is 5.92. The van der Waals surface area contributed by atoms with Crippen molar-refractivity contribution in [1.29, 1.82) is 0 Å². The van der Waals surface area contributed by atoms with Crippen LogP contribution in [-0.4, -0.2) is 30.8 Å². The van der Waals surface area contributed by atoms with Gasteiger partial charge in [0.1, 0.15) is 18.4 Å². The molecule has 0 saturated carbocycles. The Morgan fingerprint density at radius 1 is 1.40 bits per heavy atom. The van der Waals surface area contributed by atoms with Gasteiger partial charge in [-0.05, 0) is 36.1 Å². The quantitative estimate of drug-likeness (QED) is 0.840. The van der Waals surface area contributed by atoms with Gasteiger partial charge in [-0.3, -0.25) is 4.79 Å². The molecule has 1 unspecified atom stereocenters. The number of aryl methyl sites for hydroxylation is 1. The van der Waals surface area contributed by atoms with Crippen molar-refractivity contribution in [2.45, 2.75) is 45.6 Å². The summed E-state index contributed by atoms with van der Waals surface area (Å²) in [5, 5.41) is 11.7. The molecule has 4 heteroatoms. The van der Waals surface area contributed by atoms with Gasteiger partial charge in [-0.1, -0.05) is 39.8 Å². The van der Waals surface area contributed by atoms with Gasteiger partial charge in [0.25, 0.3) is 0 Å². The molecule has 0 amide bonds. The second kappa shape index (κ2) is 6.75. The molecule has 2 N–H and O–H groups in total. The zero-order chi connectivity index (χ0) is 15.3. The Kier molecular flexibility index (Phi) is 5.57. The van der Waals surface area contributed by atoms with E-state index < -0.39 is 12.0 Å². The summed E-state index contributed by atoms with van der Waals surface area (Å²) >= 11 is 0. The topological polar surface area (TPSA) is 58.6 Å². The highest BCUT2D eigenvalue weighted by Crippen LogP contribution is 2.32. The normalized spacial score (nSPS) is 13.1. The molecule has 1 aromatic rings. The highest BCUT2D eigenvalue weighted by Gasteiger charge is 2.21. The van der Waals surface area contributed by atoms with Crippen molar-refractivity contribution in [3.63, 3.8) is 0 Å². The Balaban J connectivity index is 2.97. The van der Waals surface area contributed by atoms with Crippen LogP contribution in [0.15, 0.2) is 18.2 Å². The molecule has 0 saturated heterocycles. The number of hydrogen-bond acceptors (Lipinski definition) is 3. The molecule has 0 aromatic heterocycles. The molecular formula is C16H25NO3. The zero-order valence-corrected chi connectivity index (χ0v) is 13.0. The molecule has 0 aliphatic heterocycles. The fourth-order valence-corrected chi connectivity index (χ4v) is 1.96. The molecule has 0 aliphatic carbocycles. The molecule has 0 fully saturated rings. The number of carboxylic acid groups (broad SMARTS) is 1. The standard InChI is InChI=1S/C16H25NO3/c1-6-11-7-8-14(12(9-11)16(2,3)4)20-10-13(17-5)15(18)19/h7-9,13,17H,6,10H2,1-5H3,(H,18,19). The van der Waals surface area contributed by atoms with E-state index in [0.29, 0.717) is 0 Å². The molecule has 1 aromatic carbocycles. The number of nitrogens with one attached hydrogen (secondary N) is 1. The highest BCUT2D eigenvalue weighted by molar-refractivity contribution is 5.73. The van der Waals surface area contributed by atoms with Crippen LogP contribution in [0.3, 0.4) is 0 Å². The van der Waals surface area contributed by atoms with Gasteiger partial charge in [-0.25, -0.2) is 0 Å². The average Bonchev–Trinajstić information content (AvgIpc) is 2.38. The summed E-state index contributed by atoms with van der Waals surface area (Å²) in [5.74, 6) is -0.147. The summed E-state index contributed by atoms with van der Waals surface area (Å²) in [6.45, 7) is 8.61. The SMILES string of the molecule is CCc1ccc(OCC(NC)C(=O)O)c(C(C)(C)C)c1. The van der Waals surface area contributed by atoms with Crippen molar-refractivity contribution in [2.24, 2.45) is 0 Å². The molecule has 0 heterocycles. The second-order valence-corrected chi connectivity index (χ2v) is 5.92. The summed E-state index contributed by atoms with van der Waals surface area (Å²) < 4.78 is 5.73. The van der Waals surface area contributed by atoms with E-state index in [1.54, 1.807) is 7.05 Å². The summed E-state index contributed by atoms with van der Waals surface area (Å²) in [6.07, 6.45) is 0.970. The number of hydrogen-bond donors (Lipinski definition) is 2. The Labute approximate surface area is 121 Å². The van der Waals surface area contributed by atoms with Gasteiger partial charge in [0.15, 0.2) is 0 Å². The van der Waals surface area contributed by atoms with E-state index in [0.717, 1.165) is 17.7 Å². The third-order valence-corrected chi connectivity index (χ3v) is 3.31. The van der Waals surface area contributed by atoms with E-state index >= 15 is 0 Å². The van der Waals surface area contributed by atoms with E-state index in [4.69, 9.17) is 9.84 Å². The monoisotopic (exact) mass is 279 g/mol. The van der Waals surface area contributed by atoms with Crippen LogP contribution in [0, 0.1) is 0 Å². The summed E-state index contributed by atoms with van der Waals surface area (Å²) in [4.78, 5) is 11.0. The minimum absolute atomic E-state index is 0.0428. The maximum absolute atomic E-state index is 11.0. The zero-order valence-electron chi connectivity index (χ0n) is 13.0. The van der Waals surface area contributed by atoms with Crippen molar-refractivity contribution in [3.05, 3.63) is 29.3 Å². The van der Waals surface area contributed by atoms with E-state index in [2.05, 4.69) is 39.1 Å². The largest absolute Gasteiger partial charge is 0.491 e. The number of likely N-dealkylation sites (N-methyl/N-ethyl adjacent to an activating group) is 1. The fraction of sp³-hybridized carbons (Fsp3) is 0.562. The number of ether oxygens (including phenoxy) is 1. The van der Waals surface area contributed by atoms with E-state index in [1.807, 2.05) is 12.1 Å². The predicted octanol–water partition coefficient (Wildman–Crippen LogP) is 2.60. The van der Waals surface area contributed by atoms with Crippen LogP contribution < -0.4 is 10.1 Å². The Hall–Kier alpha value is -1.55. The number of carboxylic acids is 1. The molecule has 0 radical (unpaired) electrons. The van der Waals surface area contributed by atoms with Gasteiger partial charge in [-0.15, -0.1) is 0 Å². The Morgan fingerprint density at radius 3 is 2.50 bits per heavy atom. The van der Waals surface area contributed by atoms with Crippen molar-refractivity contribution >= 4 is 5.97 Å². The van der Waals surface area contributed by atoms with Crippen LogP contribution in [0.2, 0.25) is 0 Å². The lowest BCUT2D eigenvalue weighted by Gasteiger charge is -2.24. The fourth-order valence-electron chi connectivity index (χ4n) is 1.96. The van der Waals surface area contributed by atoms with Crippen molar-refractivity contribution in [2.75, 3.05) is 13.7 Å². The van der Waals surface area contributed by atoms with E-state index in [9.17, 15) is 4.79 Å². The van der Waals surface area contributed by atoms with Gasteiger partial charge >= 0.3 is 5.97 Å². The maximum atomic E-state index is 11.0. The molecule has 0 aliphatic rings. The minimum Gasteiger partial charge on any atom is -0.491 e. The van der Waals surface area contributed by atoms with Crippen LogP contribution in [-0.2, 0) is 16.6 Å². The van der Waals surface area contributed by atoms with Gasteiger partial charge in [0.05, 0.1) is 0 Å². The summed E-state index contributed by atoms with van der Waals surface area (Å²) in [6, 6.07) is 5.41. The molecule has 4 nitrogen and oxygen atoms in total. The number of benzene rings is 1. The van der Waals surface area contributed by atoms with Gasteiger partial charge in [0, 0.05) is 0 Å². The molecule has 112 valence electrons. The third-order valence-electron chi connectivity index (χ3n) is 3.31. The van der Waals surface area contributed by atoms with Gasteiger partial charge < -0.3 is 15.2 Å². The summed E-state index contributed by atoms with van der Waals surface area (Å²) in [7, 11) is 1.62. The third kappa shape index (κ3) is 4.23. The van der Waals surface area contributed by atoms with Crippen LogP contribution in [0.1, 0.15) is 38.8 Å². The first-order valence-corrected chi connectivity index (χ1v) is 6.95. The van der Waals surface area contributed by atoms with Crippen molar-refractivity contribution < 1.29 is 14.6 Å². The van der Waals surface area contributed by atoms with E-state index in [1.165, 1.54) is 5.56 Å². The lowest BCUT2D eigenvalue weighted by Crippen LogP contribution is -2.39. The van der Waals surface area contributed by atoms with Crippen LogP contribution in [0.5, 0.6) is 5.75 Å². The molecule has 1 atom stereocenters. The van der Waals surface area contributed by atoms with Crippen molar-refractivity contribution in [1.82, 2.24) is 5.32 Å². The first-order chi connectivity index (χ1) is 9.29. The number of rotatable bonds is 6. The van der Waals surface area contributed by atoms with Crippen molar-refractivity contribution in [3.8, 4) is 5.75 Å².